The van der Waals surface area contributed by atoms with Gasteiger partial charge >= 0.3 is 5.97 Å². The van der Waals surface area contributed by atoms with E-state index in [0.717, 1.165) is 0 Å². The lowest BCUT2D eigenvalue weighted by molar-refractivity contribution is -0.139. The van der Waals surface area contributed by atoms with Crippen molar-refractivity contribution in [1.82, 2.24) is 5.32 Å². The van der Waals surface area contributed by atoms with Crippen molar-refractivity contribution in [3.63, 3.8) is 0 Å². The molecule has 0 saturated carbocycles. The quantitative estimate of drug-likeness (QED) is 0.653. The number of carboxylic acids is 1. The fourth-order valence-electron chi connectivity index (χ4n) is 1.70. The van der Waals surface area contributed by atoms with Crippen LogP contribution in [-0.4, -0.2) is 48.9 Å². The Morgan fingerprint density at radius 1 is 1.29 bits per heavy atom. The van der Waals surface area contributed by atoms with Crippen molar-refractivity contribution in [2.75, 3.05) is 12.4 Å². The predicted octanol–water partition coefficient (Wildman–Crippen LogP) is 0.0456. The Labute approximate surface area is 122 Å². The molecule has 1 atom stereocenters. The molecule has 8 heteroatoms. The van der Waals surface area contributed by atoms with E-state index in [4.69, 9.17) is 10.2 Å². The molecule has 0 aliphatic rings. The molecule has 0 heterocycles. The standard InChI is InChI=1S/C13H17NO6S/c1-2-21(19,20)11-6-4-3-5-9(11)12(16)14-10(7-8-15)13(17)18/h3-6,10,15H,2,7-8H2,1H3,(H,14,16)(H,17,18)/t10-/m0/s1. The molecule has 0 aromatic heterocycles. The van der Waals surface area contributed by atoms with E-state index in [1.807, 2.05) is 0 Å². The van der Waals surface area contributed by atoms with E-state index in [0.29, 0.717) is 0 Å². The third-order valence-corrected chi connectivity index (χ3v) is 4.65. The minimum Gasteiger partial charge on any atom is -0.480 e. The molecule has 0 spiro atoms. The summed E-state index contributed by atoms with van der Waals surface area (Å²) in [7, 11) is -3.60. The maximum atomic E-state index is 12.1. The van der Waals surface area contributed by atoms with Gasteiger partial charge in [0.25, 0.3) is 5.91 Å². The Bertz CT molecular complexity index is 625. The first-order valence-electron chi connectivity index (χ1n) is 6.29. The molecule has 3 N–H and O–H groups in total. The smallest absolute Gasteiger partial charge is 0.326 e. The molecule has 0 aliphatic heterocycles. The Hall–Kier alpha value is -1.93. The number of carbonyl (C=O) groups excluding carboxylic acids is 1. The largest absolute Gasteiger partial charge is 0.480 e. The normalized spacial score (nSPS) is 12.7. The average molecular weight is 315 g/mol. The van der Waals surface area contributed by atoms with Gasteiger partial charge in [0.15, 0.2) is 9.84 Å². The highest BCUT2D eigenvalue weighted by molar-refractivity contribution is 7.91. The zero-order valence-electron chi connectivity index (χ0n) is 11.4. The molecule has 0 bridgehead atoms. The lowest BCUT2D eigenvalue weighted by Crippen LogP contribution is -2.41. The van der Waals surface area contributed by atoms with E-state index in [-0.39, 0.29) is 22.6 Å². The molecule has 21 heavy (non-hydrogen) atoms. The van der Waals surface area contributed by atoms with E-state index in [1.165, 1.54) is 31.2 Å². The minimum absolute atomic E-state index is 0.108. The number of rotatable bonds is 7. The second kappa shape index (κ2) is 7.19. The molecule has 1 aromatic carbocycles. The summed E-state index contributed by atoms with van der Waals surface area (Å²) in [5.74, 6) is -2.27. The van der Waals surface area contributed by atoms with E-state index >= 15 is 0 Å². The van der Waals surface area contributed by atoms with Crippen LogP contribution in [0.5, 0.6) is 0 Å². The Morgan fingerprint density at radius 2 is 1.90 bits per heavy atom. The fraction of sp³-hybridized carbons (Fsp3) is 0.385. The molecule has 7 nitrogen and oxygen atoms in total. The van der Waals surface area contributed by atoms with Crippen molar-refractivity contribution in [3.8, 4) is 0 Å². The molecule has 1 amide bonds. The third kappa shape index (κ3) is 4.27. The average Bonchev–Trinajstić information content (AvgIpc) is 2.46. The highest BCUT2D eigenvalue weighted by Crippen LogP contribution is 2.17. The van der Waals surface area contributed by atoms with Crippen LogP contribution < -0.4 is 5.32 Å². The van der Waals surface area contributed by atoms with Crippen LogP contribution in [0.25, 0.3) is 0 Å². The number of nitrogens with one attached hydrogen (secondary N) is 1. The maximum Gasteiger partial charge on any atom is 0.326 e. The van der Waals surface area contributed by atoms with Crippen LogP contribution in [0.4, 0.5) is 0 Å². The summed E-state index contributed by atoms with van der Waals surface area (Å²) < 4.78 is 23.9. The number of carbonyl (C=O) groups is 2. The van der Waals surface area contributed by atoms with E-state index in [2.05, 4.69) is 5.32 Å². The van der Waals surface area contributed by atoms with Gasteiger partial charge in [-0.15, -0.1) is 0 Å². The van der Waals surface area contributed by atoms with Crippen LogP contribution in [0, 0.1) is 0 Å². The zero-order valence-corrected chi connectivity index (χ0v) is 12.3. The Balaban J connectivity index is 3.11. The summed E-state index contributed by atoms with van der Waals surface area (Å²) in [5, 5.41) is 19.9. The number of hydrogen-bond donors (Lipinski definition) is 3. The highest BCUT2D eigenvalue weighted by Gasteiger charge is 2.24. The zero-order chi connectivity index (χ0) is 16.0. The van der Waals surface area contributed by atoms with Crippen LogP contribution >= 0.6 is 0 Å². The summed E-state index contributed by atoms with van der Waals surface area (Å²) in [6, 6.07) is 4.32. The molecule has 0 radical (unpaired) electrons. The number of benzene rings is 1. The van der Waals surface area contributed by atoms with Gasteiger partial charge in [0.05, 0.1) is 16.2 Å². The second-order valence-corrected chi connectivity index (χ2v) is 6.52. The second-order valence-electron chi connectivity index (χ2n) is 4.28. The number of aliphatic hydroxyl groups is 1. The van der Waals surface area contributed by atoms with E-state index in [1.54, 1.807) is 0 Å². The molecule has 1 rings (SSSR count). The van der Waals surface area contributed by atoms with Gasteiger partial charge in [-0.25, -0.2) is 13.2 Å². The fourth-order valence-corrected chi connectivity index (χ4v) is 2.80. The van der Waals surface area contributed by atoms with Crippen LogP contribution in [0.15, 0.2) is 29.2 Å². The van der Waals surface area contributed by atoms with E-state index in [9.17, 15) is 18.0 Å². The molecule has 1 aromatic rings. The summed E-state index contributed by atoms with van der Waals surface area (Å²) in [6.07, 6.45) is -0.163. The van der Waals surface area contributed by atoms with Crippen LogP contribution in [-0.2, 0) is 14.6 Å². The molecular formula is C13H17NO6S. The molecule has 0 fully saturated rings. The number of carboxylic acid groups (broad SMARTS) is 1. The molecular weight excluding hydrogens is 298 g/mol. The van der Waals surface area contributed by atoms with Crippen LogP contribution in [0.1, 0.15) is 23.7 Å². The SMILES string of the molecule is CCS(=O)(=O)c1ccccc1C(=O)N[C@@H](CCO)C(=O)O. The summed E-state index contributed by atoms with van der Waals surface area (Å²) >= 11 is 0. The van der Waals surface area contributed by atoms with Gasteiger partial charge < -0.3 is 15.5 Å². The predicted molar refractivity (Wildman–Crippen MR) is 74.8 cm³/mol. The topological polar surface area (TPSA) is 121 Å². The number of sulfone groups is 1. The van der Waals surface area contributed by atoms with Crippen molar-refractivity contribution in [2.45, 2.75) is 24.3 Å². The van der Waals surface area contributed by atoms with Crippen LogP contribution in [0.2, 0.25) is 0 Å². The van der Waals surface area contributed by atoms with Crippen molar-refractivity contribution >= 4 is 21.7 Å². The Morgan fingerprint density at radius 3 is 2.43 bits per heavy atom. The number of aliphatic hydroxyl groups excluding tert-OH is 1. The van der Waals surface area contributed by atoms with Gasteiger partial charge in [0.1, 0.15) is 6.04 Å². The van der Waals surface area contributed by atoms with Crippen molar-refractivity contribution in [3.05, 3.63) is 29.8 Å². The van der Waals surface area contributed by atoms with Gasteiger partial charge in [0, 0.05) is 13.0 Å². The van der Waals surface area contributed by atoms with Crippen molar-refractivity contribution in [1.29, 1.82) is 0 Å². The highest BCUT2D eigenvalue weighted by atomic mass is 32.2. The first kappa shape index (κ1) is 17.1. The molecule has 0 aliphatic carbocycles. The summed E-state index contributed by atoms with van der Waals surface area (Å²) in [4.78, 5) is 22.9. The van der Waals surface area contributed by atoms with Gasteiger partial charge in [0.2, 0.25) is 0 Å². The first-order chi connectivity index (χ1) is 9.83. The van der Waals surface area contributed by atoms with Crippen molar-refractivity contribution in [2.24, 2.45) is 0 Å². The lowest BCUT2D eigenvalue weighted by atomic mass is 10.1. The van der Waals surface area contributed by atoms with E-state index < -0.39 is 34.4 Å². The molecule has 0 unspecified atom stereocenters. The monoisotopic (exact) mass is 315 g/mol. The number of aliphatic carboxylic acids is 1. The number of amides is 1. The first-order valence-corrected chi connectivity index (χ1v) is 7.95. The summed E-state index contributed by atoms with van der Waals surface area (Å²) in [6.45, 7) is 1.04. The van der Waals surface area contributed by atoms with Gasteiger partial charge in [-0.05, 0) is 12.1 Å². The third-order valence-electron chi connectivity index (χ3n) is 2.87. The van der Waals surface area contributed by atoms with Gasteiger partial charge in [-0.3, -0.25) is 4.79 Å². The Kier molecular flexibility index (Phi) is 5.86. The molecule has 0 saturated heterocycles. The maximum absolute atomic E-state index is 12.1. The minimum atomic E-state index is -3.60. The van der Waals surface area contributed by atoms with Gasteiger partial charge in [-0.1, -0.05) is 19.1 Å². The van der Waals surface area contributed by atoms with Gasteiger partial charge in [-0.2, -0.15) is 0 Å². The number of hydrogen-bond acceptors (Lipinski definition) is 5. The summed E-state index contributed by atoms with van der Waals surface area (Å²) in [5.41, 5.74) is -0.108. The molecule has 116 valence electrons. The lowest BCUT2D eigenvalue weighted by Gasteiger charge is -2.15. The van der Waals surface area contributed by atoms with Crippen LogP contribution in [0.3, 0.4) is 0 Å². The van der Waals surface area contributed by atoms with Crippen molar-refractivity contribution < 1.29 is 28.2 Å².